The summed E-state index contributed by atoms with van der Waals surface area (Å²) in [5.74, 6) is -0.490. The van der Waals surface area contributed by atoms with Gasteiger partial charge in [-0.3, -0.25) is 9.59 Å². The lowest BCUT2D eigenvalue weighted by Gasteiger charge is -2.03. The Bertz CT molecular complexity index is 670. The summed E-state index contributed by atoms with van der Waals surface area (Å²) in [4.78, 5) is 35.9. The van der Waals surface area contributed by atoms with Gasteiger partial charge >= 0.3 is 5.69 Å². The van der Waals surface area contributed by atoms with E-state index >= 15 is 0 Å². The molecule has 0 bridgehead atoms. The quantitative estimate of drug-likeness (QED) is 0.800. The van der Waals surface area contributed by atoms with Crippen molar-refractivity contribution in [2.24, 2.45) is 0 Å². The molecular weight excluding hydrogens is 227 g/mol. The van der Waals surface area contributed by atoms with E-state index in [0.29, 0.717) is 0 Å². The maximum atomic E-state index is 12.7. The molecule has 2 aromatic rings. The number of H-pyrrole nitrogens is 1. The van der Waals surface area contributed by atoms with E-state index in [4.69, 9.17) is 0 Å². The first-order chi connectivity index (χ1) is 8.13. The van der Waals surface area contributed by atoms with Crippen molar-refractivity contribution in [3.63, 3.8) is 0 Å². The monoisotopic (exact) mass is 233 g/mol. The van der Waals surface area contributed by atoms with Crippen molar-refractivity contribution in [2.45, 2.75) is 0 Å². The highest BCUT2D eigenvalue weighted by Gasteiger charge is 2.08. The van der Waals surface area contributed by atoms with Gasteiger partial charge in [-0.2, -0.15) is 0 Å². The molecule has 1 radical (unpaired) electrons. The second-order valence-corrected chi connectivity index (χ2v) is 3.23. The maximum absolute atomic E-state index is 12.7. The van der Waals surface area contributed by atoms with Crippen LogP contribution in [0.3, 0.4) is 0 Å². The van der Waals surface area contributed by atoms with Gasteiger partial charge in [-0.1, -0.05) is 0 Å². The summed E-state index contributed by atoms with van der Waals surface area (Å²) in [6, 6.07) is 4.75. The van der Waals surface area contributed by atoms with E-state index in [-0.39, 0.29) is 11.3 Å². The second-order valence-electron chi connectivity index (χ2n) is 3.23. The fourth-order valence-corrected chi connectivity index (χ4v) is 1.37. The van der Waals surface area contributed by atoms with Gasteiger partial charge < -0.3 is 4.98 Å². The van der Waals surface area contributed by atoms with E-state index in [9.17, 15) is 18.8 Å². The van der Waals surface area contributed by atoms with Crippen LogP contribution in [0.1, 0.15) is 5.56 Å². The van der Waals surface area contributed by atoms with Gasteiger partial charge in [0.1, 0.15) is 11.4 Å². The number of aromatic nitrogens is 2. The van der Waals surface area contributed by atoms with Crippen LogP contribution in [0.25, 0.3) is 5.69 Å². The third-order valence-electron chi connectivity index (χ3n) is 2.17. The Hall–Kier alpha value is -2.50. The van der Waals surface area contributed by atoms with Crippen LogP contribution in [0.5, 0.6) is 0 Å². The van der Waals surface area contributed by atoms with Gasteiger partial charge in [0.25, 0.3) is 5.56 Å². The van der Waals surface area contributed by atoms with E-state index in [1.165, 1.54) is 18.4 Å². The number of carbonyl (C=O) groups excluding carboxylic acids is 1. The molecule has 1 N–H and O–H groups in total. The number of hydrogen-bond donors (Lipinski definition) is 1. The smallest absolute Gasteiger partial charge is 0.313 e. The van der Waals surface area contributed by atoms with Crippen molar-refractivity contribution in [1.82, 2.24) is 9.55 Å². The zero-order chi connectivity index (χ0) is 12.4. The number of halogens is 1. The van der Waals surface area contributed by atoms with E-state index in [0.717, 1.165) is 22.9 Å². The topological polar surface area (TPSA) is 71.9 Å². The fraction of sp³-hybridized carbons (Fsp3) is 0. The second kappa shape index (κ2) is 4.17. The Kier molecular flexibility index (Phi) is 2.70. The first-order valence-electron chi connectivity index (χ1n) is 4.62. The molecule has 0 saturated heterocycles. The summed E-state index contributed by atoms with van der Waals surface area (Å²) in [5, 5.41) is 0. The number of nitrogens with zero attached hydrogens (tertiary/aromatic N) is 1. The van der Waals surface area contributed by atoms with Crippen molar-refractivity contribution in [3.05, 3.63) is 62.7 Å². The number of aromatic amines is 1. The lowest BCUT2D eigenvalue weighted by molar-refractivity contribution is 0.561. The molecule has 0 aliphatic heterocycles. The van der Waals surface area contributed by atoms with Crippen molar-refractivity contribution in [3.8, 4) is 5.69 Å². The maximum Gasteiger partial charge on any atom is 0.333 e. The van der Waals surface area contributed by atoms with Crippen molar-refractivity contribution in [2.75, 3.05) is 0 Å². The molecule has 2 rings (SSSR count). The summed E-state index contributed by atoms with van der Waals surface area (Å²) < 4.78 is 13.4. The molecule has 1 aromatic carbocycles. The highest BCUT2D eigenvalue weighted by molar-refractivity contribution is 5.73. The molecule has 0 spiro atoms. The molecule has 6 heteroatoms. The van der Waals surface area contributed by atoms with Gasteiger partial charge in [0, 0.05) is 6.20 Å². The van der Waals surface area contributed by atoms with Crippen molar-refractivity contribution >= 4 is 6.29 Å². The zero-order valence-electron chi connectivity index (χ0n) is 8.44. The van der Waals surface area contributed by atoms with Crippen LogP contribution in [0, 0.1) is 5.82 Å². The minimum absolute atomic E-state index is 0.176. The molecular formula is C11H6FN2O3. The minimum atomic E-state index is -0.796. The van der Waals surface area contributed by atoms with E-state index < -0.39 is 17.1 Å². The third-order valence-corrected chi connectivity index (χ3v) is 2.17. The molecule has 1 heterocycles. The Morgan fingerprint density at radius 3 is 2.41 bits per heavy atom. The summed E-state index contributed by atoms with van der Waals surface area (Å²) in [7, 11) is 0. The fourth-order valence-electron chi connectivity index (χ4n) is 1.37. The predicted molar refractivity (Wildman–Crippen MR) is 57.4 cm³/mol. The van der Waals surface area contributed by atoms with E-state index in [1.807, 2.05) is 0 Å². The molecule has 85 valence electrons. The number of rotatable bonds is 2. The van der Waals surface area contributed by atoms with E-state index in [2.05, 4.69) is 4.98 Å². The van der Waals surface area contributed by atoms with Gasteiger partial charge in [-0.05, 0) is 24.3 Å². The average Bonchev–Trinajstić information content (AvgIpc) is 2.32. The van der Waals surface area contributed by atoms with Gasteiger partial charge in [-0.25, -0.2) is 13.8 Å². The standard InChI is InChI=1S/C11H6FN2O3/c12-8-1-3-9(4-2-8)14-10(16)7(6-15)5-13-11(14)17/h1-5H,(H,13,17). The molecule has 0 unspecified atom stereocenters. The third kappa shape index (κ3) is 1.92. The Morgan fingerprint density at radius 2 is 1.82 bits per heavy atom. The van der Waals surface area contributed by atoms with Crippen LogP contribution in [0.2, 0.25) is 0 Å². The Labute approximate surface area is 94.2 Å². The van der Waals surface area contributed by atoms with Crippen molar-refractivity contribution < 1.29 is 9.18 Å². The van der Waals surface area contributed by atoms with Crippen LogP contribution in [0.4, 0.5) is 4.39 Å². The highest BCUT2D eigenvalue weighted by atomic mass is 19.1. The highest BCUT2D eigenvalue weighted by Crippen LogP contribution is 2.04. The molecule has 1 aromatic heterocycles. The largest absolute Gasteiger partial charge is 0.333 e. The SMILES string of the molecule is O=[C]c1c[nH]c(=O)n(-c2ccc(F)cc2)c1=O. The summed E-state index contributed by atoms with van der Waals surface area (Å²) in [6.45, 7) is 0. The summed E-state index contributed by atoms with van der Waals surface area (Å²) >= 11 is 0. The van der Waals surface area contributed by atoms with E-state index in [1.54, 1.807) is 0 Å². The molecule has 0 amide bonds. The molecule has 5 nitrogen and oxygen atoms in total. The number of nitrogens with one attached hydrogen (secondary N) is 1. The van der Waals surface area contributed by atoms with Crippen LogP contribution in [-0.4, -0.2) is 15.8 Å². The molecule has 17 heavy (non-hydrogen) atoms. The molecule has 0 saturated carbocycles. The normalized spacial score (nSPS) is 10.2. The van der Waals surface area contributed by atoms with Crippen LogP contribution in [0.15, 0.2) is 40.1 Å². The van der Waals surface area contributed by atoms with Crippen LogP contribution < -0.4 is 11.2 Å². The lowest BCUT2D eigenvalue weighted by atomic mass is 10.3. The van der Waals surface area contributed by atoms with Gasteiger partial charge in [0.05, 0.1) is 5.69 Å². The average molecular weight is 233 g/mol. The lowest BCUT2D eigenvalue weighted by Crippen LogP contribution is -2.35. The summed E-state index contributed by atoms with van der Waals surface area (Å²) in [5.41, 5.74) is -1.63. The van der Waals surface area contributed by atoms with Gasteiger partial charge in [-0.15, -0.1) is 0 Å². The Balaban J connectivity index is 2.75. The minimum Gasteiger partial charge on any atom is -0.313 e. The summed E-state index contributed by atoms with van der Waals surface area (Å²) in [6.07, 6.45) is 2.40. The Morgan fingerprint density at radius 1 is 1.18 bits per heavy atom. The van der Waals surface area contributed by atoms with Crippen LogP contribution in [-0.2, 0) is 4.79 Å². The van der Waals surface area contributed by atoms with Crippen molar-refractivity contribution in [1.29, 1.82) is 0 Å². The number of benzene rings is 1. The molecule has 0 atom stereocenters. The van der Waals surface area contributed by atoms with Gasteiger partial charge in [0.15, 0.2) is 0 Å². The predicted octanol–water partition coefficient (Wildman–Crippen LogP) is 0.123. The molecule has 0 fully saturated rings. The molecule has 0 aliphatic carbocycles. The first-order valence-corrected chi connectivity index (χ1v) is 4.62. The first kappa shape index (κ1) is 11.0. The number of hydrogen-bond acceptors (Lipinski definition) is 3. The molecule has 0 aliphatic rings. The van der Waals surface area contributed by atoms with Gasteiger partial charge in [0.2, 0.25) is 6.29 Å². The van der Waals surface area contributed by atoms with Crippen LogP contribution >= 0.6 is 0 Å². The zero-order valence-corrected chi connectivity index (χ0v) is 8.44.